The first-order valence-corrected chi connectivity index (χ1v) is 14.0. The molecule has 0 aliphatic carbocycles. The van der Waals surface area contributed by atoms with Crippen LogP contribution in [-0.4, -0.2) is 50.5 Å². The van der Waals surface area contributed by atoms with Gasteiger partial charge < -0.3 is 10.2 Å². The largest absolute Gasteiger partial charge is 0.354 e. The molecule has 35 heavy (non-hydrogen) atoms. The molecule has 0 spiro atoms. The first-order valence-electron chi connectivity index (χ1n) is 11.4. The average molecular weight is 543 g/mol. The molecule has 0 unspecified atom stereocenters. The molecule has 2 amide bonds. The fourth-order valence-corrected chi connectivity index (χ4v) is 4.74. The number of rotatable bonds is 12. The van der Waals surface area contributed by atoms with Crippen LogP contribution >= 0.6 is 23.2 Å². The van der Waals surface area contributed by atoms with Crippen molar-refractivity contribution in [3.63, 3.8) is 0 Å². The lowest BCUT2D eigenvalue weighted by Gasteiger charge is -2.30. The number of nitrogens with zero attached hydrogens (tertiary/aromatic N) is 2. The summed E-state index contributed by atoms with van der Waals surface area (Å²) in [7, 11) is -3.56. The lowest BCUT2D eigenvalue weighted by Crippen LogP contribution is -2.48. The van der Waals surface area contributed by atoms with Crippen LogP contribution in [0.15, 0.2) is 48.5 Å². The molecule has 0 aromatic heterocycles. The quantitative estimate of drug-likeness (QED) is 0.420. The van der Waals surface area contributed by atoms with Crippen molar-refractivity contribution in [2.75, 3.05) is 23.7 Å². The van der Waals surface area contributed by atoms with Gasteiger partial charge in [-0.15, -0.1) is 0 Å². The summed E-state index contributed by atoms with van der Waals surface area (Å²) in [4.78, 5) is 27.5. The van der Waals surface area contributed by atoms with E-state index in [0.29, 0.717) is 22.3 Å². The van der Waals surface area contributed by atoms with Gasteiger partial charge in [-0.2, -0.15) is 0 Å². The lowest BCUT2D eigenvalue weighted by atomic mass is 10.1. The van der Waals surface area contributed by atoms with Gasteiger partial charge >= 0.3 is 0 Å². The zero-order chi connectivity index (χ0) is 26.2. The normalized spacial score (nSPS) is 12.3. The van der Waals surface area contributed by atoms with Crippen LogP contribution in [0.1, 0.15) is 39.2 Å². The van der Waals surface area contributed by atoms with Crippen molar-refractivity contribution >= 4 is 50.7 Å². The molecular weight excluding hydrogens is 509 g/mol. The Balaban J connectivity index is 2.16. The molecule has 0 saturated heterocycles. The van der Waals surface area contributed by atoms with Crippen molar-refractivity contribution in [3.8, 4) is 0 Å². The van der Waals surface area contributed by atoms with Gasteiger partial charge in [0.05, 0.1) is 11.9 Å². The minimum absolute atomic E-state index is 0.0614. The van der Waals surface area contributed by atoms with E-state index in [0.717, 1.165) is 11.8 Å². The summed E-state index contributed by atoms with van der Waals surface area (Å²) in [5, 5.41) is 3.88. The maximum atomic E-state index is 13.3. The topological polar surface area (TPSA) is 86.8 Å². The number of hydrogen-bond acceptors (Lipinski definition) is 4. The third-order valence-electron chi connectivity index (χ3n) is 5.42. The first kappa shape index (κ1) is 28.9. The summed E-state index contributed by atoms with van der Waals surface area (Å²) >= 11 is 12.2. The molecule has 0 heterocycles. The fourth-order valence-electron chi connectivity index (χ4n) is 3.46. The Hall–Kier alpha value is -2.29. The molecule has 10 heteroatoms. The van der Waals surface area contributed by atoms with Crippen molar-refractivity contribution in [2.24, 2.45) is 5.92 Å². The van der Waals surface area contributed by atoms with Gasteiger partial charge in [-0.05, 0) is 55.2 Å². The Morgan fingerprint density at radius 2 is 1.63 bits per heavy atom. The minimum Gasteiger partial charge on any atom is -0.354 e. The number of sulfonamides is 1. The van der Waals surface area contributed by atoms with Gasteiger partial charge in [-0.1, -0.05) is 55.2 Å². The summed E-state index contributed by atoms with van der Waals surface area (Å²) in [5.41, 5.74) is 1.20. The Morgan fingerprint density at radius 3 is 2.20 bits per heavy atom. The van der Waals surface area contributed by atoms with Crippen LogP contribution in [0.2, 0.25) is 10.0 Å². The first-order chi connectivity index (χ1) is 16.4. The number of anilines is 1. The average Bonchev–Trinajstić information content (AvgIpc) is 2.79. The van der Waals surface area contributed by atoms with Crippen LogP contribution in [0.4, 0.5) is 5.69 Å². The molecule has 0 fully saturated rings. The Kier molecular flexibility index (Phi) is 10.9. The van der Waals surface area contributed by atoms with Crippen LogP contribution < -0.4 is 9.62 Å². The third kappa shape index (κ3) is 9.02. The highest BCUT2D eigenvalue weighted by Gasteiger charge is 2.27. The predicted molar refractivity (Wildman–Crippen MR) is 142 cm³/mol. The van der Waals surface area contributed by atoms with Gasteiger partial charge in [-0.25, -0.2) is 8.42 Å². The highest BCUT2D eigenvalue weighted by molar-refractivity contribution is 7.92. The zero-order valence-corrected chi connectivity index (χ0v) is 22.8. The van der Waals surface area contributed by atoms with Crippen LogP contribution in [-0.2, 0) is 26.2 Å². The van der Waals surface area contributed by atoms with Gasteiger partial charge in [-0.3, -0.25) is 13.9 Å². The summed E-state index contributed by atoms with van der Waals surface area (Å²) in [6.45, 7) is 6.45. The maximum Gasteiger partial charge on any atom is 0.242 e. The lowest BCUT2D eigenvalue weighted by molar-refractivity contribution is -0.140. The van der Waals surface area contributed by atoms with E-state index >= 15 is 0 Å². The smallest absolute Gasteiger partial charge is 0.242 e. The molecular formula is C25H33Cl2N3O4S. The van der Waals surface area contributed by atoms with Gasteiger partial charge in [0.2, 0.25) is 21.8 Å². The van der Waals surface area contributed by atoms with Crippen LogP contribution in [0.5, 0.6) is 0 Å². The van der Waals surface area contributed by atoms with E-state index in [1.165, 1.54) is 9.21 Å². The molecule has 0 bridgehead atoms. The third-order valence-corrected chi connectivity index (χ3v) is 7.23. The van der Waals surface area contributed by atoms with E-state index in [4.69, 9.17) is 23.2 Å². The number of halogens is 2. The maximum absolute atomic E-state index is 13.3. The molecule has 1 N–H and O–H groups in total. The van der Waals surface area contributed by atoms with Crippen LogP contribution in [0.3, 0.4) is 0 Å². The Labute approximate surface area is 218 Å². The molecule has 2 aromatic carbocycles. The predicted octanol–water partition coefficient (Wildman–Crippen LogP) is 4.73. The number of carbonyl (C=O) groups excluding carboxylic acids is 2. The summed E-state index contributed by atoms with van der Waals surface area (Å²) < 4.78 is 26.0. The zero-order valence-electron chi connectivity index (χ0n) is 20.5. The molecule has 2 rings (SSSR count). The fraction of sp³-hybridized carbons (Fsp3) is 0.440. The Bertz CT molecular complexity index is 1110. The summed E-state index contributed by atoms with van der Waals surface area (Å²) in [6, 6.07) is 12.9. The minimum atomic E-state index is -3.56. The van der Waals surface area contributed by atoms with E-state index in [2.05, 4.69) is 5.32 Å². The van der Waals surface area contributed by atoms with Crippen molar-refractivity contribution in [1.29, 1.82) is 0 Å². The number of benzene rings is 2. The van der Waals surface area contributed by atoms with E-state index in [-0.39, 0.29) is 43.7 Å². The molecule has 0 aliphatic heterocycles. The van der Waals surface area contributed by atoms with Crippen molar-refractivity contribution in [2.45, 2.75) is 46.2 Å². The summed E-state index contributed by atoms with van der Waals surface area (Å²) in [6.07, 6.45) is 1.45. The SMILES string of the molecule is CC(C)CNC(=O)[C@@H](C)N(Cc1ccccc1Cl)C(=O)CCCN(c1ccc(Cl)cc1)S(C)(=O)=O. The van der Waals surface area contributed by atoms with Crippen LogP contribution in [0, 0.1) is 5.92 Å². The van der Waals surface area contributed by atoms with Gasteiger partial charge in [0.15, 0.2) is 0 Å². The summed E-state index contributed by atoms with van der Waals surface area (Å²) in [5.74, 6) is -0.242. The Morgan fingerprint density at radius 1 is 1.00 bits per heavy atom. The molecule has 0 aliphatic rings. The van der Waals surface area contributed by atoms with E-state index in [9.17, 15) is 18.0 Å². The van der Waals surface area contributed by atoms with E-state index < -0.39 is 16.1 Å². The van der Waals surface area contributed by atoms with Crippen molar-refractivity contribution in [3.05, 3.63) is 64.1 Å². The van der Waals surface area contributed by atoms with Crippen LogP contribution in [0.25, 0.3) is 0 Å². The second kappa shape index (κ2) is 13.1. The molecule has 192 valence electrons. The molecule has 0 saturated carbocycles. The van der Waals surface area contributed by atoms with Crippen molar-refractivity contribution < 1.29 is 18.0 Å². The second-order valence-corrected chi connectivity index (χ2v) is 11.6. The molecule has 7 nitrogen and oxygen atoms in total. The molecule has 0 radical (unpaired) electrons. The van der Waals surface area contributed by atoms with Gasteiger partial charge in [0, 0.05) is 36.1 Å². The number of nitrogens with one attached hydrogen (secondary N) is 1. The van der Waals surface area contributed by atoms with E-state index in [1.54, 1.807) is 43.3 Å². The van der Waals surface area contributed by atoms with E-state index in [1.807, 2.05) is 26.0 Å². The number of hydrogen-bond donors (Lipinski definition) is 1. The van der Waals surface area contributed by atoms with Crippen molar-refractivity contribution in [1.82, 2.24) is 10.2 Å². The second-order valence-electron chi connectivity index (χ2n) is 8.84. The number of amides is 2. The molecule has 1 atom stereocenters. The monoisotopic (exact) mass is 541 g/mol. The highest BCUT2D eigenvalue weighted by atomic mass is 35.5. The molecule has 2 aromatic rings. The standard InChI is InChI=1S/C25H33Cl2N3O4S/c1-18(2)16-28-25(32)19(3)29(17-20-8-5-6-9-23(20)27)24(31)10-7-15-30(35(4,33)34)22-13-11-21(26)12-14-22/h5-6,8-9,11-14,18-19H,7,10,15-17H2,1-4H3,(H,28,32)/t19-/m1/s1. The number of carbonyl (C=O) groups is 2. The highest BCUT2D eigenvalue weighted by Crippen LogP contribution is 2.22. The van der Waals surface area contributed by atoms with Gasteiger partial charge in [0.25, 0.3) is 0 Å². The van der Waals surface area contributed by atoms with Gasteiger partial charge in [0.1, 0.15) is 6.04 Å².